The number of pyridine rings is 2. The number of nitrogens with zero attached hydrogens (tertiary/aromatic N) is 3. The van der Waals surface area contributed by atoms with Gasteiger partial charge in [-0.05, 0) is 41.3 Å². The van der Waals surface area contributed by atoms with Crippen LogP contribution in [0.15, 0.2) is 107 Å². The molecule has 0 bridgehead atoms. The Balaban J connectivity index is 0.000000287. The van der Waals surface area contributed by atoms with Crippen molar-refractivity contribution >= 4 is 53.0 Å². The maximum atomic E-state index is 10.8. The van der Waals surface area contributed by atoms with Crippen LogP contribution in [0.2, 0.25) is 0 Å². The molecule has 2 heterocycles. The minimum Gasteiger partial charge on any atom is -0.806 e. The topological polar surface area (TPSA) is 75.9 Å². The molecule has 0 spiro atoms. The van der Waals surface area contributed by atoms with Crippen molar-refractivity contribution in [3.05, 3.63) is 107 Å². The van der Waals surface area contributed by atoms with Crippen molar-refractivity contribution in [2.75, 3.05) is 6.61 Å². The standard InChI is InChI=1S/C24H16N2.C6H7NO2S2.Pt/c1-3-7-17(8-4-1)19-13-15-25-23-21(19)11-12-22-20(14-16-26-24(22)23)18-9-5-2-6-10-18;1-2-9-5(8)4(3-7)6(10)11;/h1-16H;10-11H,2H2,1H3;/q;;+2/p-2. The fourth-order valence-electron chi connectivity index (χ4n) is 3.94. The van der Waals surface area contributed by atoms with E-state index in [2.05, 4.69) is 113 Å². The van der Waals surface area contributed by atoms with Crippen molar-refractivity contribution in [2.24, 2.45) is 0 Å². The van der Waals surface area contributed by atoms with E-state index in [4.69, 9.17) is 5.26 Å². The molecule has 0 fully saturated rings. The molecule has 0 saturated carbocycles. The van der Waals surface area contributed by atoms with Gasteiger partial charge in [-0.1, -0.05) is 72.8 Å². The second kappa shape index (κ2) is 13.7. The van der Waals surface area contributed by atoms with Gasteiger partial charge in [-0.25, -0.2) is 4.79 Å². The monoisotopic (exact) mass is 714 g/mol. The molecule has 190 valence electrons. The van der Waals surface area contributed by atoms with E-state index < -0.39 is 5.97 Å². The van der Waals surface area contributed by atoms with Crippen LogP contribution >= 0.6 is 0 Å². The molecule has 0 N–H and O–H groups in total. The number of carbonyl (C=O) groups excluding carboxylic acids is 1. The van der Waals surface area contributed by atoms with Crippen LogP contribution in [0.3, 0.4) is 0 Å². The molecule has 0 aliphatic heterocycles. The number of hydrogen-bond donors (Lipinski definition) is 0. The van der Waals surface area contributed by atoms with E-state index in [-0.39, 0.29) is 37.5 Å². The number of aromatic nitrogens is 2. The quantitative estimate of drug-likeness (QED) is 0.0693. The van der Waals surface area contributed by atoms with E-state index in [0.29, 0.717) is 0 Å². The largest absolute Gasteiger partial charge is 2.00 e. The minimum atomic E-state index is -0.741. The Morgan fingerprint density at radius 2 is 1.24 bits per heavy atom. The van der Waals surface area contributed by atoms with Crippen LogP contribution < -0.4 is 0 Å². The van der Waals surface area contributed by atoms with Crippen LogP contribution in [-0.2, 0) is 55.9 Å². The molecule has 0 aliphatic carbocycles. The summed E-state index contributed by atoms with van der Waals surface area (Å²) in [5.41, 5.74) is 6.38. The normalized spacial score (nSPS) is 9.89. The molecule has 5 rings (SSSR count). The summed E-state index contributed by atoms with van der Waals surface area (Å²) >= 11 is 8.92. The molecule has 0 atom stereocenters. The Labute approximate surface area is 246 Å². The van der Waals surface area contributed by atoms with Crippen LogP contribution in [0.25, 0.3) is 44.1 Å². The van der Waals surface area contributed by atoms with Crippen molar-refractivity contribution < 1.29 is 30.6 Å². The first-order valence-corrected chi connectivity index (χ1v) is 12.3. The van der Waals surface area contributed by atoms with Crippen LogP contribution in [0.5, 0.6) is 0 Å². The predicted molar refractivity (Wildman–Crippen MR) is 152 cm³/mol. The second-order valence-corrected chi connectivity index (χ2v) is 8.88. The molecule has 8 heteroatoms. The zero-order valence-electron chi connectivity index (χ0n) is 20.2. The number of fused-ring (bicyclic) bond motifs is 3. The van der Waals surface area contributed by atoms with Gasteiger partial charge in [0.05, 0.1) is 23.2 Å². The van der Waals surface area contributed by atoms with E-state index in [1.807, 2.05) is 24.5 Å². The van der Waals surface area contributed by atoms with Gasteiger partial charge in [0.15, 0.2) is 0 Å². The average molecular weight is 715 g/mol. The molecule has 5 aromatic rings. The third-order valence-corrected chi connectivity index (χ3v) is 5.99. The summed E-state index contributed by atoms with van der Waals surface area (Å²) in [6, 6.07) is 30.9. The number of rotatable bonds is 4. The second-order valence-electron chi connectivity index (χ2n) is 7.80. The number of ether oxygens (including phenoxy) is 1. The van der Waals surface area contributed by atoms with Gasteiger partial charge in [-0.15, -0.1) is 0 Å². The minimum absolute atomic E-state index is 0. The summed E-state index contributed by atoms with van der Waals surface area (Å²) in [4.78, 5) is 20.1. The summed E-state index contributed by atoms with van der Waals surface area (Å²) < 4.78 is 4.36. The third-order valence-electron chi connectivity index (χ3n) is 5.59. The van der Waals surface area contributed by atoms with Gasteiger partial charge < -0.3 is 34.2 Å². The van der Waals surface area contributed by atoms with E-state index in [1.165, 1.54) is 22.3 Å². The first kappa shape index (κ1) is 28.9. The molecule has 0 aliphatic rings. The molecule has 0 unspecified atom stereocenters. The van der Waals surface area contributed by atoms with Crippen LogP contribution in [-0.4, -0.2) is 22.5 Å². The van der Waals surface area contributed by atoms with Gasteiger partial charge >= 0.3 is 27.0 Å². The average Bonchev–Trinajstić information content (AvgIpc) is 2.94. The molecule has 38 heavy (non-hydrogen) atoms. The third kappa shape index (κ3) is 6.41. The maximum absolute atomic E-state index is 10.8. The number of benzene rings is 3. The van der Waals surface area contributed by atoms with Crippen LogP contribution in [0.4, 0.5) is 0 Å². The Hall–Kier alpha value is -3.69. The fraction of sp³-hybridized carbons (Fsp3) is 0.0667. The van der Waals surface area contributed by atoms with E-state index in [0.717, 1.165) is 21.8 Å². The number of esters is 1. The summed E-state index contributed by atoms with van der Waals surface area (Å²) in [5.74, 6) is -0.741. The van der Waals surface area contributed by atoms with Gasteiger partial charge in [0.1, 0.15) is 6.07 Å². The Morgan fingerprint density at radius 3 is 1.61 bits per heavy atom. The first-order chi connectivity index (χ1) is 18.0. The van der Waals surface area contributed by atoms with Gasteiger partial charge in [0, 0.05) is 23.2 Å². The fourth-order valence-corrected chi connectivity index (χ4v) is 4.20. The first-order valence-electron chi connectivity index (χ1n) is 11.5. The van der Waals surface area contributed by atoms with Crippen molar-refractivity contribution in [1.29, 1.82) is 5.26 Å². The predicted octanol–water partition coefficient (Wildman–Crippen LogP) is 6.49. The molecule has 5 nitrogen and oxygen atoms in total. The molecule has 0 radical (unpaired) electrons. The number of carbonyl (C=O) groups is 1. The van der Waals surface area contributed by atoms with Crippen molar-refractivity contribution in [3.63, 3.8) is 0 Å². The molecule has 3 aromatic carbocycles. The molecule has 0 amide bonds. The van der Waals surface area contributed by atoms with Gasteiger partial charge in [-0.3, -0.25) is 9.97 Å². The van der Waals surface area contributed by atoms with Crippen LogP contribution in [0, 0.1) is 11.3 Å². The number of nitriles is 1. The van der Waals surface area contributed by atoms with E-state index >= 15 is 0 Å². The van der Waals surface area contributed by atoms with Crippen molar-refractivity contribution in [1.82, 2.24) is 9.97 Å². The number of hydrogen-bond acceptors (Lipinski definition) is 7. The molecular weight excluding hydrogens is 694 g/mol. The van der Waals surface area contributed by atoms with E-state index in [9.17, 15) is 4.79 Å². The zero-order chi connectivity index (χ0) is 26.2. The van der Waals surface area contributed by atoms with Gasteiger partial charge in [-0.2, -0.15) is 5.26 Å². The Bertz CT molecular complexity index is 1530. The van der Waals surface area contributed by atoms with Gasteiger partial charge in [0.2, 0.25) is 0 Å². The summed E-state index contributed by atoms with van der Waals surface area (Å²) in [5, 5.41) is 10.6. The Morgan fingerprint density at radius 1 is 0.789 bits per heavy atom. The van der Waals surface area contributed by atoms with E-state index in [1.54, 1.807) is 13.0 Å². The van der Waals surface area contributed by atoms with Gasteiger partial charge in [0.25, 0.3) is 0 Å². The summed E-state index contributed by atoms with van der Waals surface area (Å²) in [6.07, 6.45) is 3.75. The summed E-state index contributed by atoms with van der Waals surface area (Å²) in [6.45, 7) is 1.85. The SMILES string of the molecule is CCOC(=O)C(C#N)=C([S-])[S-].[Pt+2].c1ccc(-c2ccnc3c2ccc2c(-c4ccccc4)ccnc23)cc1. The smallest absolute Gasteiger partial charge is 0.806 e. The zero-order valence-corrected chi connectivity index (χ0v) is 24.1. The maximum Gasteiger partial charge on any atom is 2.00 e. The van der Waals surface area contributed by atoms with Crippen molar-refractivity contribution in [2.45, 2.75) is 6.92 Å². The van der Waals surface area contributed by atoms with Crippen molar-refractivity contribution in [3.8, 4) is 28.3 Å². The molecule has 2 aromatic heterocycles. The Kier molecular flexibility index (Phi) is 10.4. The summed E-state index contributed by atoms with van der Waals surface area (Å²) in [7, 11) is 0. The molecular formula is C30H21N3O2PtS2. The van der Waals surface area contributed by atoms with Crippen LogP contribution in [0.1, 0.15) is 6.92 Å². The molecule has 0 saturated heterocycles.